The van der Waals surface area contributed by atoms with Gasteiger partial charge in [0.2, 0.25) is 5.78 Å². The molecular weight excluding hydrogens is 414 g/mol. The average Bonchev–Trinajstić information content (AvgIpc) is 3.39. The Morgan fingerprint density at radius 3 is 2.66 bits per heavy atom. The zero-order chi connectivity index (χ0) is 22.8. The lowest BCUT2D eigenvalue weighted by molar-refractivity contribution is -0.143. The molecule has 0 radical (unpaired) electrons. The molecule has 1 aliphatic rings. The van der Waals surface area contributed by atoms with Crippen molar-refractivity contribution in [1.82, 2.24) is 14.3 Å². The van der Waals surface area contributed by atoms with Crippen LogP contribution in [0.2, 0.25) is 0 Å². The number of nitrogens with one attached hydrogen (secondary N) is 1. The van der Waals surface area contributed by atoms with E-state index < -0.39 is 30.2 Å². The number of fused-ring (bicyclic) bond motifs is 1. The molecule has 1 saturated heterocycles. The summed E-state index contributed by atoms with van der Waals surface area (Å²) in [6.07, 6.45) is 2.17. The summed E-state index contributed by atoms with van der Waals surface area (Å²) in [5.74, 6) is -1.12. The topological polar surface area (TPSA) is 112 Å². The van der Waals surface area contributed by atoms with Gasteiger partial charge in [0.05, 0.1) is 16.9 Å². The number of benzene rings is 1. The van der Waals surface area contributed by atoms with Gasteiger partial charge in [0.25, 0.3) is 11.1 Å². The number of aryl methyl sites for hydroxylation is 1. The smallest absolute Gasteiger partial charge is 0.328 e. The molecule has 2 aromatic heterocycles. The number of esters is 1. The van der Waals surface area contributed by atoms with Gasteiger partial charge in [-0.3, -0.25) is 24.3 Å². The summed E-state index contributed by atoms with van der Waals surface area (Å²) in [6, 6.07) is 8.13. The summed E-state index contributed by atoms with van der Waals surface area (Å²) in [4.78, 5) is 49.6. The summed E-state index contributed by atoms with van der Waals surface area (Å²) in [6.45, 7) is 4.28. The van der Waals surface area contributed by atoms with Crippen LogP contribution in [0, 0.1) is 13.8 Å². The second kappa shape index (κ2) is 8.96. The van der Waals surface area contributed by atoms with Crippen LogP contribution < -0.4 is 11.1 Å². The summed E-state index contributed by atoms with van der Waals surface area (Å²) in [5, 5.41) is 2.82. The number of ketones is 1. The zero-order valence-electron chi connectivity index (χ0n) is 18.1. The van der Waals surface area contributed by atoms with Gasteiger partial charge in [0, 0.05) is 30.1 Å². The van der Waals surface area contributed by atoms with Crippen LogP contribution in [0.1, 0.15) is 34.6 Å². The van der Waals surface area contributed by atoms with Crippen molar-refractivity contribution in [1.29, 1.82) is 0 Å². The van der Waals surface area contributed by atoms with E-state index in [0.29, 0.717) is 12.1 Å². The van der Waals surface area contributed by atoms with Gasteiger partial charge >= 0.3 is 5.97 Å². The molecule has 0 unspecified atom stereocenters. The van der Waals surface area contributed by atoms with E-state index in [4.69, 9.17) is 9.47 Å². The first-order valence-corrected chi connectivity index (χ1v) is 10.5. The van der Waals surface area contributed by atoms with Crippen molar-refractivity contribution in [3.05, 3.63) is 68.0 Å². The maximum absolute atomic E-state index is 12.7. The molecule has 1 aromatic carbocycles. The maximum atomic E-state index is 12.7. The lowest BCUT2D eigenvalue weighted by Crippen LogP contribution is -2.33. The molecule has 1 N–H and O–H groups in total. The van der Waals surface area contributed by atoms with E-state index in [1.807, 2.05) is 18.4 Å². The molecule has 168 valence electrons. The molecule has 3 heterocycles. The lowest BCUT2D eigenvalue weighted by Gasteiger charge is -2.14. The Morgan fingerprint density at radius 2 is 1.94 bits per heavy atom. The summed E-state index contributed by atoms with van der Waals surface area (Å²) in [7, 11) is 0. The van der Waals surface area contributed by atoms with Gasteiger partial charge in [-0.2, -0.15) is 0 Å². The first kappa shape index (κ1) is 21.8. The number of nitrogens with zero attached hydrogens (tertiary/aromatic N) is 2. The van der Waals surface area contributed by atoms with E-state index in [2.05, 4.69) is 5.10 Å². The molecule has 4 rings (SSSR count). The third-order valence-electron chi connectivity index (χ3n) is 5.82. The number of H-pyrrole nitrogens is 1. The second-order valence-electron chi connectivity index (χ2n) is 7.99. The first-order chi connectivity index (χ1) is 15.3. The molecule has 9 heteroatoms. The highest BCUT2D eigenvalue weighted by Crippen LogP contribution is 2.20. The summed E-state index contributed by atoms with van der Waals surface area (Å²) in [5.41, 5.74) is 1.23. The Bertz CT molecular complexity index is 1290. The number of Topliss-reactive ketones (excluding diaryl/α,β-unsaturated/α-hetero) is 1. The fraction of sp³-hybridized carbons (Fsp3) is 0.391. The van der Waals surface area contributed by atoms with Crippen molar-refractivity contribution in [3.63, 3.8) is 0 Å². The lowest BCUT2D eigenvalue weighted by atomic mass is 10.1. The number of carbonyl (C=O) groups is 2. The fourth-order valence-corrected chi connectivity index (χ4v) is 4.11. The number of aromatic amines is 1. The fourth-order valence-electron chi connectivity index (χ4n) is 4.11. The van der Waals surface area contributed by atoms with Crippen LogP contribution in [0.25, 0.3) is 10.8 Å². The second-order valence-corrected chi connectivity index (χ2v) is 7.99. The van der Waals surface area contributed by atoms with Gasteiger partial charge in [-0.15, -0.1) is 0 Å². The quantitative estimate of drug-likeness (QED) is 0.443. The molecule has 1 aliphatic heterocycles. The largest absolute Gasteiger partial charge is 0.456 e. The van der Waals surface area contributed by atoms with Gasteiger partial charge in [0.15, 0.2) is 6.61 Å². The first-order valence-electron chi connectivity index (χ1n) is 10.5. The number of carbonyl (C=O) groups excluding carboxylic acids is 2. The van der Waals surface area contributed by atoms with Gasteiger partial charge in [0.1, 0.15) is 6.54 Å². The molecular formula is C23H25N3O6. The highest BCUT2D eigenvalue weighted by atomic mass is 16.5. The SMILES string of the molecule is Cc1cc(C(=O)COC(=O)Cn2[nH]c(=O)c3ccccc3c2=O)c(C)n1C[C@@H]1CCCO1. The summed E-state index contributed by atoms with van der Waals surface area (Å²) >= 11 is 0. The Labute approximate surface area is 183 Å². The van der Waals surface area contributed by atoms with E-state index >= 15 is 0 Å². The van der Waals surface area contributed by atoms with Crippen molar-refractivity contribution < 1.29 is 19.1 Å². The number of ether oxygens (including phenoxy) is 2. The van der Waals surface area contributed by atoms with E-state index in [0.717, 1.165) is 35.5 Å². The van der Waals surface area contributed by atoms with Crippen LogP contribution in [0.5, 0.6) is 0 Å². The molecule has 3 aromatic rings. The zero-order valence-corrected chi connectivity index (χ0v) is 18.1. The van der Waals surface area contributed by atoms with Crippen molar-refractivity contribution in [2.45, 2.75) is 45.9 Å². The average molecular weight is 439 g/mol. The molecule has 1 atom stereocenters. The van der Waals surface area contributed by atoms with Crippen molar-refractivity contribution in [2.24, 2.45) is 0 Å². The maximum Gasteiger partial charge on any atom is 0.328 e. The van der Waals surface area contributed by atoms with Crippen molar-refractivity contribution in [2.75, 3.05) is 13.2 Å². The van der Waals surface area contributed by atoms with Crippen LogP contribution in [0.3, 0.4) is 0 Å². The van der Waals surface area contributed by atoms with Crippen LogP contribution >= 0.6 is 0 Å². The number of rotatable bonds is 7. The minimum atomic E-state index is -0.792. The molecule has 0 aliphatic carbocycles. The molecule has 0 bridgehead atoms. The predicted molar refractivity (Wildman–Crippen MR) is 117 cm³/mol. The van der Waals surface area contributed by atoms with Crippen LogP contribution in [0.15, 0.2) is 39.9 Å². The minimum Gasteiger partial charge on any atom is -0.456 e. The van der Waals surface area contributed by atoms with Crippen LogP contribution in [-0.2, 0) is 27.4 Å². The summed E-state index contributed by atoms with van der Waals surface area (Å²) < 4.78 is 13.7. The van der Waals surface area contributed by atoms with Gasteiger partial charge in [-0.1, -0.05) is 12.1 Å². The third-order valence-corrected chi connectivity index (χ3v) is 5.82. The molecule has 0 amide bonds. The van der Waals surface area contributed by atoms with Gasteiger partial charge in [-0.25, -0.2) is 4.68 Å². The molecule has 32 heavy (non-hydrogen) atoms. The van der Waals surface area contributed by atoms with Gasteiger partial charge < -0.3 is 14.0 Å². The molecule has 1 fully saturated rings. The standard InChI is InChI=1S/C23H25N3O6/c1-14-10-19(15(2)25(14)11-16-6-5-9-31-16)20(27)13-32-21(28)12-26-23(30)18-8-4-3-7-17(18)22(29)24-26/h3-4,7-8,10,16H,5-6,9,11-13H2,1-2H3,(H,24,29)/t16-/m0/s1. The van der Waals surface area contributed by atoms with E-state index in [-0.39, 0.29) is 22.7 Å². The highest BCUT2D eigenvalue weighted by Gasteiger charge is 2.22. The Balaban J connectivity index is 1.42. The number of hydrogen-bond acceptors (Lipinski definition) is 6. The van der Waals surface area contributed by atoms with E-state index in [1.165, 1.54) is 12.1 Å². The number of aromatic nitrogens is 3. The van der Waals surface area contributed by atoms with E-state index in [1.54, 1.807) is 18.2 Å². The minimum absolute atomic E-state index is 0.142. The highest BCUT2D eigenvalue weighted by molar-refractivity contribution is 5.99. The Morgan fingerprint density at radius 1 is 1.19 bits per heavy atom. The molecule has 0 spiro atoms. The predicted octanol–water partition coefficient (Wildman–Crippen LogP) is 1.71. The Hall–Kier alpha value is -3.46. The molecule has 9 nitrogen and oxygen atoms in total. The van der Waals surface area contributed by atoms with Gasteiger partial charge in [-0.05, 0) is 44.9 Å². The number of hydrogen-bond donors (Lipinski definition) is 1. The van der Waals surface area contributed by atoms with Crippen LogP contribution in [0.4, 0.5) is 0 Å². The third kappa shape index (κ3) is 4.29. The normalized spacial score (nSPS) is 15.9. The Kier molecular flexibility index (Phi) is 6.09. The molecule has 0 saturated carbocycles. The monoisotopic (exact) mass is 439 g/mol. The van der Waals surface area contributed by atoms with Crippen molar-refractivity contribution in [3.8, 4) is 0 Å². The van der Waals surface area contributed by atoms with Crippen LogP contribution in [-0.4, -0.2) is 45.4 Å². The van der Waals surface area contributed by atoms with Crippen molar-refractivity contribution >= 4 is 22.5 Å². The van der Waals surface area contributed by atoms with E-state index in [9.17, 15) is 19.2 Å².